The van der Waals surface area contributed by atoms with E-state index in [2.05, 4.69) is 29.9 Å². The van der Waals surface area contributed by atoms with Crippen LogP contribution in [0.15, 0.2) is 48.8 Å². The molecule has 3 aromatic heterocycles. The van der Waals surface area contributed by atoms with Gasteiger partial charge in [0, 0.05) is 12.1 Å². The molecule has 0 amide bonds. The van der Waals surface area contributed by atoms with Gasteiger partial charge in [0.1, 0.15) is 28.7 Å². The van der Waals surface area contributed by atoms with Gasteiger partial charge in [-0.25, -0.2) is 27.8 Å². The van der Waals surface area contributed by atoms with Crippen molar-refractivity contribution in [2.45, 2.75) is 25.5 Å². The second-order valence-electron chi connectivity index (χ2n) is 7.84. The lowest BCUT2D eigenvalue weighted by Gasteiger charge is -2.18. The van der Waals surface area contributed by atoms with Crippen LogP contribution >= 0.6 is 0 Å². The van der Waals surface area contributed by atoms with Crippen LogP contribution in [-0.2, 0) is 16.4 Å². The second-order valence-corrected chi connectivity index (χ2v) is 9.94. The van der Waals surface area contributed by atoms with Gasteiger partial charge in [-0.1, -0.05) is 12.1 Å². The fraction of sp³-hybridized carbons (Fsp3) is 0.261. The van der Waals surface area contributed by atoms with Crippen LogP contribution in [0.3, 0.4) is 0 Å². The number of aryl methyl sites for hydroxylation is 1. The largest absolute Gasteiger partial charge is 0.494 e. The second kappa shape index (κ2) is 10.2. The molecule has 1 aromatic carbocycles. The number of pyridine rings is 1. The van der Waals surface area contributed by atoms with E-state index in [0.29, 0.717) is 22.9 Å². The molecule has 0 spiro atoms. The Morgan fingerprint density at radius 2 is 1.67 bits per heavy atom. The third-order valence-electron chi connectivity index (χ3n) is 5.31. The van der Waals surface area contributed by atoms with Gasteiger partial charge in [0.15, 0.2) is 11.6 Å². The van der Waals surface area contributed by atoms with Crippen molar-refractivity contribution in [1.82, 2.24) is 29.7 Å². The van der Waals surface area contributed by atoms with Crippen molar-refractivity contribution in [3.8, 4) is 28.7 Å². The Labute approximate surface area is 207 Å². The number of nitrogens with zero attached hydrogens (tertiary/aromatic N) is 6. The van der Waals surface area contributed by atoms with E-state index < -0.39 is 21.1 Å². The summed E-state index contributed by atoms with van der Waals surface area (Å²) in [5.41, 5.74) is 1.59. The van der Waals surface area contributed by atoms with E-state index in [-0.39, 0.29) is 24.0 Å². The van der Waals surface area contributed by atoms with Crippen LogP contribution in [0.1, 0.15) is 18.4 Å². The van der Waals surface area contributed by atoms with Gasteiger partial charge in [-0.05, 0) is 38.1 Å². The molecule has 1 N–H and O–H groups in total. The SMILES string of the molecule is COc1cccc(OC)c1-n1c(NS(=O)(=O)C(C)Cc2ncc(F)cn2)nnc1-c1cccc(C)n1. The number of halogens is 1. The summed E-state index contributed by atoms with van der Waals surface area (Å²) in [6, 6.07) is 10.5. The van der Waals surface area contributed by atoms with Crippen molar-refractivity contribution in [2.75, 3.05) is 18.9 Å². The van der Waals surface area contributed by atoms with Crippen LogP contribution < -0.4 is 14.2 Å². The number of sulfonamides is 1. The zero-order chi connectivity index (χ0) is 25.9. The summed E-state index contributed by atoms with van der Waals surface area (Å²) in [4.78, 5) is 12.2. The molecule has 4 rings (SSSR count). The number of benzene rings is 1. The lowest BCUT2D eigenvalue weighted by Crippen LogP contribution is -2.29. The van der Waals surface area contributed by atoms with Crippen molar-refractivity contribution >= 4 is 16.0 Å². The van der Waals surface area contributed by atoms with Gasteiger partial charge in [-0.2, -0.15) is 0 Å². The number of hydrogen-bond acceptors (Lipinski definition) is 9. The molecule has 13 heteroatoms. The third-order valence-corrected chi connectivity index (χ3v) is 7.01. The number of rotatable bonds is 9. The highest BCUT2D eigenvalue weighted by Gasteiger charge is 2.29. The molecule has 0 aliphatic heterocycles. The number of hydrogen-bond donors (Lipinski definition) is 1. The summed E-state index contributed by atoms with van der Waals surface area (Å²) in [5, 5.41) is 7.39. The third kappa shape index (κ3) is 5.10. The molecule has 3 heterocycles. The molecular weight excluding hydrogens is 489 g/mol. The normalized spacial score (nSPS) is 12.2. The molecule has 36 heavy (non-hydrogen) atoms. The van der Waals surface area contributed by atoms with Gasteiger partial charge in [-0.15, -0.1) is 10.2 Å². The summed E-state index contributed by atoms with van der Waals surface area (Å²) in [5.74, 6) is 0.555. The summed E-state index contributed by atoms with van der Waals surface area (Å²) >= 11 is 0. The van der Waals surface area contributed by atoms with E-state index >= 15 is 0 Å². The Bertz CT molecular complexity index is 1450. The van der Waals surface area contributed by atoms with Gasteiger partial charge >= 0.3 is 0 Å². The number of methoxy groups -OCH3 is 2. The molecule has 4 aromatic rings. The zero-order valence-corrected chi connectivity index (χ0v) is 20.8. The predicted octanol–water partition coefficient (Wildman–Crippen LogP) is 2.96. The summed E-state index contributed by atoms with van der Waals surface area (Å²) in [6.45, 7) is 3.32. The molecule has 1 atom stereocenters. The highest BCUT2D eigenvalue weighted by molar-refractivity contribution is 7.93. The highest BCUT2D eigenvalue weighted by Crippen LogP contribution is 2.37. The summed E-state index contributed by atoms with van der Waals surface area (Å²) in [7, 11) is -1.04. The molecule has 188 valence electrons. The minimum Gasteiger partial charge on any atom is -0.494 e. The smallest absolute Gasteiger partial charge is 0.243 e. The van der Waals surface area contributed by atoms with Gasteiger partial charge in [0.25, 0.3) is 0 Å². The van der Waals surface area contributed by atoms with E-state index in [1.807, 2.05) is 19.1 Å². The molecular formula is C23H24FN7O4S. The Morgan fingerprint density at radius 3 is 2.28 bits per heavy atom. The van der Waals surface area contributed by atoms with Crippen molar-refractivity contribution in [1.29, 1.82) is 0 Å². The maximum absolute atomic E-state index is 13.3. The Balaban J connectivity index is 1.81. The van der Waals surface area contributed by atoms with Crippen molar-refractivity contribution in [2.24, 2.45) is 0 Å². The van der Waals surface area contributed by atoms with Crippen molar-refractivity contribution in [3.05, 3.63) is 66.1 Å². The first-order valence-electron chi connectivity index (χ1n) is 10.8. The quantitative estimate of drug-likeness (QED) is 0.358. The lowest BCUT2D eigenvalue weighted by molar-refractivity contribution is 0.391. The van der Waals surface area contributed by atoms with Gasteiger partial charge in [0.2, 0.25) is 16.0 Å². The van der Waals surface area contributed by atoms with Gasteiger partial charge < -0.3 is 9.47 Å². The van der Waals surface area contributed by atoms with E-state index in [9.17, 15) is 12.8 Å². The average molecular weight is 514 g/mol. The molecule has 0 radical (unpaired) electrons. The van der Waals surface area contributed by atoms with E-state index in [1.54, 1.807) is 24.3 Å². The monoisotopic (exact) mass is 513 g/mol. The first kappa shape index (κ1) is 25.0. The standard InChI is InChI=1S/C23H24FN7O4S/c1-14-7-5-8-17(27-14)22-28-29-23(31(22)21-18(34-3)9-6-10-19(21)35-4)30-36(32,33)15(2)11-20-25-12-16(24)13-26-20/h5-10,12-13,15H,11H2,1-4H3,(H,29,30). The highest BCUT2D eigenvalue weighted by atomic mass is 32.2. The van der Waals surface area contributed by atoms with Crippen LogP contribution in [0, 0.1) is 12.7 Å². The molecule has 0 bridgehead atoms. The molecule has 11 nitrogen and oxygen atoms in total. The Hall–Kier alpha value is -4.13. The van der Waals surface area contributed by atoms with Crippen LogP contribution in [0.5, 0.6) is 11.5 Å². The summed E-state index contributed by atoms with van der Waals surface area (Å²) < 4.78 is 54.8. The van der Waals surface area contributed by atoms with Crippen LogP contribution in [-0.4, -0.2) is 57.6 Å². The molecule has 0 saturated carbocycles. The molecule has 0 fully saturated rings. The van der Waals surface area contributed by atoms with Crippen molar-refractivity contribution < 1.29 is 22.3 Å². The predicted molar refractivity (Wildman–Crippen MR) is 130 cm³/mol. The van der Waals surface area contributed by atoms with E-state index in [4.69, 9.17) is 9.47 Å². The fourth-order valence-electron chi connectivity index (χ4n) is 3.49. The zero-order valence-electron chi connectivity index (χ0n) is 20.0. The number of aromatic nitrogens is 6. The number of anilines is 1. The van der Waals surface area contributed by atoms with E-state index in [1.165, 1.54) is 25.7 Å². The lowest BCUT2D eigenvalue weighted by atomic mass is 10.2. The number of para-hydroxylation sites is 1. The first-order valence-corrected chi connectivity index (χ1v) is 12.4. The molecule has 0 saturated heterocycles. The minimum atomic E-state index is -4.02. The Morgan fingerprint density at radius 1 is 1.03 bits per heavy atom. The van der Waals surface area contributed by atoms with Crippen LogP contribution in [0.4, 0.5) is 10.3 Å². The topological polar surface area (TPSA) is 134 Å². The molecule has 1 unspecified atom stereocenters. The number of ether oxygens (including phenoxy) is 2. The van der Waals surface area contributed by atoms with Crippen molar-refractivity contribution in [3.63, 3.8) is 0 Å². The van der Waals surface area contributed by atoms with Crippen LogP contribution in [0.2, 0.25) is 0 Å². The molecule has 0 aliphatic rings. The minimum absolute atomic E-state index is 0.0476. The maximum Gasteiger partial charge on any atom is 0.243 e. The Kier molecular flexibility index (Phi) is 7.10. The maximum atomic E-state index is 13.3. The van der Waals surface area contributed by atoms with Gasteiger partial charge in [-0.3, -0.25) is 9.29 Å². The fourth-order valence-corrected chi connectivity index (χ4v) is 4.44. The number of nitrogens with one attached hydrogen (secondary N) is 1. The van der Waals surface area contributed by atoms with Gasteiger partial charge in [0.05, 0.1) is 31.9 Å². The first-order chi connectivity index (χ1) is 17.2. The summed E-state index contributed by atoms with van der Waals surface area (Å²) in [6.07, 6.45) is 1.93. The molecule has 0 aliphatic carbocycles. The van der Waals surface area contributed by atoms with Crippen LogP contribution in [0.25, 0.3) is 17.2 Å². The average Bonchev–Trinajstić information content (AvgIpc) is 3.27. The van der Waals surface area contributed by atoms with E-state index in [0.717, 1.165) is 18.1 Å².